The SMILES string of the molecule is Cc1cnc2ccc(-c3nc(C(=O)N[C@H]4CCN(C)C4)c(N)nc3-c3ccc(F)cc3)cn12. The lowest BCUT2D eigenvalue weighted by Gasteiger charge is -2.16. The zero-order valence-corrected chi connectivity index (χ0v) is 18.4. The molecule has 3 aromatic heterocycles. The second-order valence-electron chi connectivity index (χ2n) is 8.43. The van der Waals surface area contributed by atoms with Crippen LogP contribution in [0.25, 0.3) is 28.2 Å². The number of likely N-dealkylation sites (tertiary alicyclic amines) is 1. The van der Waals surface area contributed by atoms with Crippen molar-refractivity contribution in [3.63, 3.8) is 0 Å². The lowest BCUT2D eigenvalue weighted by molar-refractivity contribution is 0.0934. The Kier molecular flexibility index (Phi) is 5.26. The van der Waals surface area contributed by atoms with Gasteiger partial charge >= 0.3 is 0 Å². The van der Waals surface area contributed by atoms with E-state index in [0.29, 0.717) is 17.0 Å². The summed E-state index contributed by atoms with van der Waals surface area (Å²) in [6, 6.07) is 9.75. The molecular formula is C24H24FN7O. The number of amides is 1. The van der Waals surface area contributed by atoms with Crippen LogP contribution < -0.4 is 11.1 Å². The number of carbonyl (C=O) groups excluding carboxylic acids is 1. The van der Waals surface area contributed by atoms with Crippen LogP contribution in [0.4, 0.5) is 10.2 Å². The summed E-state index contributed by atoms with van der Waals surface area (Å²) < 4.78 is 15.5. The summed E-state index contributed by atoms with van der Waals surface area (Å²) in [5.41, 5.74) is 10.4. The molecule has 8 nitrogen and oxygen atoms in total. The minimum atomic E-state index is -0.355. The molecule has 1 atom stereocenters. The Morgan fingerprint density at radius 2 is 1.85 bits per heavy atom. The van der Waals surface area contributed by atoms with Crippen LogP contribution in [0.3, 0.4) is 0 Å². The van der Waals surface area contributed by atoms with Crippen LogP contribution in [0.5, 0.6) is 0 Å². The summed E-state index contributed by atoms with van der Waals surface area (Å²) in [7, 11) is 2.02. The van der Waals surface area contributed by atoms with Crippen LogP contribution in [-0.4, -0.2) is 56.3 Å². The predicted octanol–water partition coefficient (Wildman–Crippen LogP) is 2.92. The molecule has 3 N–H and O–H groups in total. The Balaban J connectivity index is 1.63. The average Bonchev–Trinajstić information content (AvgIpc) is 3.38. The van der Waals surface area contributed by atoms with Crippen LogP contribution in [0, 0.1) is 12.7 Å². The van der Waals surface area contributed by atoms with Gasteiger partial charge in [0.1, 0.15) is 11.5 Å². The third-order valence-electron chi connectivity index (χ3n) is 5.95. The molecule has 1 amide bonds. The zero-order chi connectivity index (χ0) is 23.1. The Labute approximate surface area is 190 Å². The van der Waals surface area contributed by atoms with Gasteiger partial charge in [0, 0.05) is 41.8 Å². The van der Waals surface area contributed by atoms with E-state index >= 15 is 0 Å². The molecular weight excluding hydrogens is 421 g/mol. The number of aryl methyl sites for hydroxylation is 1. The van der Waals surface area contributed by atoms with Gasteiger partial charge in [-0.2, -0.15) is 0 Å². The monoisotopic (exact) mass is 445 g/mol. The van der Waals surface area contributed by atoms with Crippen molar-refractivity contribution in [2.45, 2.75) is 19.4 Å². The maximum Gasteiger partial charge on any atom is 0.274 e. The third kappa shape index (κ3) is 4.03. The molecule has 0 unspecified atom stereocenters. The van der Waals surface area contributed by atoms with Gasteiger partial charge in [-0.1, -0.05) is 0 Å². The smallest absolute Gasteiger partial charge is 0.274 e. The number of aromatic nitrogens is 4. The van der Waals surface area contributed by atoms with E-state index in [9.17, 15) is 9.18 Å². The summed E-state index contributed by atoms with van der Waals surface area (Å²) in [5, 5.41) is 3.02. The fourth-order valence-corrected chi connectivity index (χ4v) is 4.17. The number of nitrogen functional groups attached to an aromatic ring is 1. The minimum absolute atomic E-state index is 0.0295. The fraction of sp³-hybridized carbons (Fsp3) is 0.250. The number of likely N-dealkylation sites (N-methyl/N-ethyl adjacent to an activating group) is 1. The van der Waals surface area contributed by atoms with Crippen LogP contribution in [0.2, 0.25) is 0 Å². The second-order valence-corrected chi connectivity index (χ2v) is 8.43. The Bertz CT molecular complexity index is 1350. The van der Waals surface area contributed by atoms with Gasteiger partial charge in [-0.15, -0.1) is 0 Å². The molecule has 5 rings (SSSR count). The number of pyridine rings is 1. The molecule has 0 spiro atoms. The highest BCUT2D eigenvalue weighted by molar-refractivity contribution is 5.98. The maximum absolute atomic E-state index is 13.6. The largest absolute Gasteiger partial charge is 0.382 e. The molecule has 4 aromatic rings. The van der Waals surface area contributed by atoms with Gasteiger partial charge in [0.15, 0.2) is 11.5 Å². The average molecular weight is 446 g/mol. The highest BCUT2D eigenvalue weighted by Crippen LogP contribution is 2.31. The van der Waals surface area contributed by atoms with Gasteiger partial charge in [0.2, 0.25) is 0 Å². The number of imidazole rings is 1. The van der Waals surface area contributed by atoms with E-state index in [1.54, 1.807) is 18.3 Å². The minimum Gasteiger partial charge on any atom is -0.382 e. The number of carbonyl (C=O) groups is 1. The fourth-order valence-electron chi connectivity index (χ4n) is 4.17. The molecule has 168 valence electrons. The van der Waals surface area contributed by atoms with Gasteiger partial charge in [0.05, 0.1) is 11.4 Å². The summed E-state index contributed by atoms with van der Waals surface area (Å²) in [6.45, 7) is 3.65. The van der Waals surface area contributed by atoms with Crippen molar-refractivity contribution in [2.24, 2.45) is 0 Å². The molecule has 1 aliphatic heterocycles. The molecule has 0 bridgehead atoms. The molecule has 0 radical (unpaired) electrons. The van der Waals surface area contributed by atoms with Gasteiger partial charge < -0.3 is 20.4 Å². The standard InChI is InChI=1S/C24H24FN7O/c1-14-11-27-19-8-5-16(12-32(14)19)21-20(15-3-6-17(25)7-4-15)30-23(26)22(29-21)24(33)28-18-9-10-31(2)13-18/h3-8,11-12,18H,9-10,13H2,1-2H3,(H2,26,30)(H,28,33)/t18-/m0/s1. The van der Waals surface area contributed by atoms with Crippen LogP contribution >= 0.6 is 0 Å². The number of hydrogen-bond donors (Lipinski definition) is 2. The number of nitrogens with zero attached hydrogens (tertiary/aromatic N) is 5. The van der Waals surface area contributed by atoms with Gasteiger partial charge in [-0.25, -0.2) is 19.3 Å². The Morgan fingerprint density at radius 1 is 1.12 bits per heavy atom. The number of rotatable bonds is 4. The number of hydrogen-bond acceptors (Lipinski definition) is 6. The Morgan fingerprint density at radius 3 is 2.58 bits per heavy atom. The lowest BCUT2D eigenvalue weighted by Crippen LogP contribution is -2.37. The number of nitrogens with two attached hydrogens (primary N) is 1. The van der Waals surface area contributed by atoms with Crippen LogP contribution in [0.15, 0.2) is 48.8 Å². The van der Waals surface area contributed by atoms with Crippen LogP contribution in [-0.2, 0) is 0 Å². The number of benzene rings is 1. The molecule has 1 aromatic carbocycles. The molecule has 0 saturated carbocycles. The van der Waals surface area contributed by atoms with Crippen molar-refractivity contribution in [3.8, 4) is 22.5 Å². The summed E-state index contributed by atoms with van der Waals surface area (Å²) in [4.78, 5) is 28.8. The Hall–Kier alpha value is -3.85. The van der Waals surface area contributed by atoms with Crippen molar-refractivity contribution in [2.75, 3.05) is 25.9 Å². The van der Waals surface area contributed by atoms with Gasteiger partial charge in [-0.3, -0.25) is 4.79 Å². The highest BCUT2D eigenvalue weighted by atomic mass is 19.1. The van der Waals surface area contributed by atoms with Crippen molar-refractivity contribution in [3.05, 3.63) is 66.0 Å². The van der Waals surface area contributed by atoms with E-state index in [1.807, 2.05) is 36.7 Å². The normalized spacial score (nSPS) is 16.4. The second kappa shape index (κ2) is 8.25. The first-order chi connectivity index (χ1) is 15.9. The van der Waals surface area contributed by atoms with Crippen molar-refractivity contribution in [1.29, 1.82) is 0 Å². The van der Waals surface area contributed by atoms with E-state index in [4.69, 9.17) is 5.73 Å². The molecule has 4 heterocycles. The summed E-state index contributed by atoms with van der Waals surface area (Å²) >= 11 is 0. The molecule has 9 heteroatoms. The number of halogens is 1. The van der Waals surface area contributed by atoms with Crippen molar-refractivity contribution in [1.82, 2.24) is 29.6 Å². The van der Waals surface area contributed by atoms with Crippen LogP contribution in [0.1, 0.15) is 22.6 Å². The van der Waals surface area contributed by atoms with Crippen molar-refractivity contribution >= 4 is 17.4 Å². The first-order valence-electron chi connectivity index (χ1n) is 10.8. The van der Waals surface area contributed by atoms with E-state index in [-0.39, 0.29) is 29.3 Å². The third-order valence-corrected chi connectivity index (χ3v) is 5.95. The number of anilines is 1. The quantitative estimate of drug-likeness (QED) is 0.501. The number of nitrogens with one attached hydrogen (secondary N) is 1. The highest BCUT2D eigenvalue weighted by Gasteiger charge is 2.25. The zero-order valence-electron chi connectivity index (χ0n) is 18.4. The summed E-state index contributed by atoms with van der Waals surface area (Å²) in [6.07, 6.45) is 4.55. The van der Waals surface area contributed by atoms with Gasteiger partial charge in [-0.05, 0) is 63.3 Å². The first kappa shape index (κ1) is 21.0. The van der Waals surface area contributed by atoms with Gasteiger partial charge in [0.25, 0.3) is 5.91 Å². The topological polar surface area (TPSA) is 101 Å². The molecule has 33 heavy (non-hydrogen) atoms. The molecule has 1 saturated heterocycles. The maximum atomic E-state index is 13.6. The lowest BCUT2D eigenvalue weighted by atomic mass is 10.0. The van der Waals surface area contributed by atoms with Crippen molar-refractivity contribution < 1.29 is 9.18 Å². The van der Waals surface area contributed by atoms with E-state index in [1.165, 1.54) is 12.1 Å². The molecule has 0 aliphatic carbocycles. The number of fused-ring (bicyclic) bond motifs is 1. The summed E-state index contributed by atoms with van der Waals surface area (Å²) in [5.74, 6) is -0.678. The molecule has 1 fully saturated rings. The first-order valence-corrected chi connectivity index (χ1v) is 10.8. The van der Waals surface area contributed by atoms with E-state index in [0.717, 1.165) is 36.4 Å². The van der Waals surface area contributed by atoms with E-state index in [2.05, 4.69) is 25.2 Å². The van der Waals surface area contributed by atoms with E-state index < -0.39 is 0 Å². The molecule has 1 aliphatic rings. The predicted molar refractivity (Wildman–Crippen MR) is 124 cm³/mol.